The van der Waals surface area contributed by atoms with E-state index in [1.165, 1.54) is 16.3 Å². The Labute approximate surface area is 270 Å². The lowest BCUT2D eigenvalue weighted by atomic mass is 9.89. The molecular formula is C37H43N3O6. The predicted octanol–water partition coefficient (Wildman–Crippen LogP) is 6.50. The fourth-order valence-corrected chi connectivity index (χ4v) is 5.76. The highest BCUT2D eigenvalue weighted by Gasteiger charge is 2.39. The third-order valence-corrected chi connectivity index (χ3v) is 8.65. The number of aliphatic hydroxyl groups excluding tert-OH is 1. The lowest BCUT2D eigenvalue weighted by molar-refractivity contribution is -0.276. The number of aliphatic hydroxyl groups is 1. The summed E-state index contributed by atoms with van der Waals surface area (Å²) in [7, 11) is 2.12. The number of nitrogens with zero attached hydrogens (tertiary/aromatic N) is 1. The lowest BCUT2D eigenvalue weighted by Crippen LogP contribution is -2.44. The maximum atomic E-state index is 12.3. The third-order valence-electron chi connectivity index (χ3n) is 8.65. The number of carbonyl (C=O) groups is 2. The van der Waals surface area contributed by atoms with Crippen molar-refractivity contribution in [1.82, 2.24) is 10.2 Å². The number of amides is 2. The van der Waals surface area contributed by atoms with Gasteiger partial charge in [-0.15, -0.1) is 0 Å². The van der Waals surface area contributed by atoms with E-state index >= 15 is 0 Å². The minimum absolute atomic E-state index is 0.0194. The molecular weight excluding hydrogens is 582 g/mol. The van der Waals surface area contributed by atoms with Crippen molar-refractivity contribution in [3.63, 3.8) is 0 Å². The average molecular weight is 626 g/mol. The molecule has 46 heavy (non-hydrogen) atoms. The van der Waals surface area contributed by atoms with Crippen LogP contribution in [-0.4, -0.2) is 54.9 Å². The molecule has 4 aromatic carbocycles. The molecule has 1 aliphatic heterocycles. The maximum absolute atomic E-state index is 12.3. The lowest BCUT2D eigenvalue weighted by Gasteiger charge is -2.43. The smallest absolute Gasteiger partial charge is 0.325 e. The SMILES string of the molecule is CCOC(=O)CNC(=O)Nc1ccc([C@@H]2O[C@H](CN(C)[C@H](C)c3ccc4ccccc4c3)[C@H](C)[C@H](c3ccc(CO)cc3)O2)cc1. The second kappa shape index (κ2) is 15.3. The number of benzene rings is 4. The van der Waals surface area contributed by atoms with Crippen LogP contribution in [0.3, 0.4) is 0 Å². The number of hydrogen-bond acceptors (Lipinski definition) is 7. The maximum Gasteiger partial charge on any atom is 0.325 e. The molecule has 3 N–H and O–H groups in total. The molecule has 242 valence electrons. The van der Waals surface area contributed by atoms with Crippen molar-refractivity contribution in [2.45, 2.75) is 51.9 Å². The van der Waals surface area contributed by atoms with Gasteiger partial charge in [-0.2, -0.15) is 0 Å². The minimum Gasteiger partial charge on any atom is -0.465 e. The van der Waals surface area contributed by atoms with Gasteiger partial charge in [-0.1, -0.05) is 79.7 Å². The van der Waals surface area contributed by atoms with Gasteiger partial charge in [0.25, 0.3) is 0 Å². The predicted molar refractivity (Wildman–Crippen MR) is 178 cm³/mol. The van der Waals surface area contributed by atoms with Gasteiger partial charge in [-0.3, -0.25) is 9.69 Å². The molecule has 0 aromatic heterocycles. The Hall–Kier alpha value is -4.28. The molecule has 0 bridgehead atoms. The number of urea groups is 1. The van der Waals surface area contributed by atoms with Gasteiger partial charge < -0.3 is 30.0 Å². The molecule has 1 aliphatic rings. The van der Waals surface area contributed by atoms with Crippen molar-refractivity contribution in [3.05, 3.63) is 113 Å². The van der Waals surface area contributed by atoms with Crippen molar-refractivity contribution in [2.24, 2.45) is 5.92 Å². The first-order valence-electron chi connectivity index (χ1n) is 15.8. The van der Waals surface area contributed by atoms with E-state index in [-0.39, 0.29) is 43.9 Å². The van der Waals surface area contributed by atoms with Crippen LogP contribution in [0.2, 0.25) is 0 Å². The van der Waals surface area contributed by atoms with E-state index in [0.717, 1.165) is 16.7 Å². The van der Waals surface area contributed by atoms with Crippen molar-refractivity contribution in [1.29, 1.82) is 0 Å². The Morgan fingerprint density at radius 3 is 2.33 bits per heavy atom. The second-order valence-electron chi connectivity index (χ2n) is 11.8. The number of anilines is 1. The van der Waals surface area contributed by atoms with Crippen LogP contribution in [0.25, 0.3) is 10.8 Å². The largest absolute Gasteiger partial charge is 0.465 e. The summed E-state index contributed by atoms with van der Waals surface area (Å²) in [6.07, 6.45) is -1.03. The molecule has 5 atom stereocenters. The number of nitrogens with one attached hydrogen (secondary N) is 2. The zero-order valence-electron chi connectivity index (χ0n) is 26.8. The van der Waals surface area contributed by atoms with Gasteiger partial charge in [0, 0.05) is 29.8 Å². The Balaban J connectivity index is 1.32. The highest BCUT2D eigenvalue weighted by atomic mass is 16.7. The normalized spacial score (nSPS) is 20.3. The Morgan fingerprint density at radius 2 is 1.63 bits per heavy atom. The summed E-state index contributed by atoms with van der Waals surface area (Å²) in [6.45, 7) is 6.78. The molecule has 4 aromatic rings. The van der Waals surface area contributed by atoms with E-state index < -0.39 is 18.3 Å². The summed E-state index contributed by atoms with van der Waals surface area (Å²) in [5.41, 5.74) is 4.48. The Bertz CT molecular complexity index is 1610. The first kappa shape index (κ1) is 33.1. The number of ether oxygens (including phenoxy) is 3. The van der Waals surface area contributed by atoms with Crippen LogP contribution in [0.15, 0.2) is 91.0 Å². The van der Waals surface area contributed by atoms with Crippen LogP contribution < -0.4 is 10.6 Å². The molecule has 0 spiro atoms. The van der Waals surface area contributed by atoms with Gasteiger partial charge in [-0.25, -0.2) is 4.79 Å². The molecule has 1 heterocycles. The number of likely N-dealkylation sites (N-methyl/N-ethyl adjacent to an activating group) is 1. The molecule has 1 fully saturated rings. The third kappa shape index (κ3) is 8.10. The van der Waals surface area contributed by atoms with Gasteiger partial charge in [0.1, 0.15) is 6.54 Å². The fourth-order valence-electron chi connectivity index (χ4n) is 5.76. The van der Waals surface area contributed by atoms with Crippen LogP contribution in [0, 0.1) is 5.92 Å². The van der Waals surface area contributed by atoms with E-state index in [0.29, 0.717) is 12.2 Å². The first-order chi connectivity index (χ1) is 22.2. The van der Waals surface area contributed by atoms with E-state index in [2.05, 4.69) is 78.9 Å². The summed E-state index contributed by atoms with van der Waals surface area (Å²) >= 11 is 0. The van der Waals surface area contributed by atoms with Crippen LogP contribution in [0.5, 0.6) is 0 Å². The molecule has 2 amide bonds. The van der Waals surface area contributed by atoms with Gasteiger partial charge >= 0.3 is 12.0 Å². The molecule has 0 unspecified atom stereocenters. The topological polar surface area (TPSA) is 109 Å². The van der Waals surface area contributed by atoms with Crippen LogP contribution in [-0.2, 0) is 25.6 Å². The Kier molecular flexibility index (Phi) is 11.0. The second-order valence-corrected chi connectivity index (χ2v) is 11.8. The number of esters is 1. The summed E-state index contributed by atoms with van der Waals surface area (Å²) in [6, 6.07) is 29.8. The molecule has 1 saturated heterocycles. The molecule has 0 aliphatic carbocycles. The average Bonchev–Trinajstić information content (AvgIpc) is 3.08. The first-order valence-corrected chi connectivity index (χ1v) is 15.8. The Morgan fingerprint density at radius 1 is 0.935 bits per heavy atom. The summed E-state index contributed by atoms with van der Waals surface area (Å²) in [5.74, 6) is -0.465. The zero-order valence-corrected chi connectivity index (χ0v) is 26.8. The number of fused-ring (bicyclic) bond motifs is 1. The van der Waals surface area contributed by atoms with E-state index in [4.69, 9.17) is 14.2 Å². The highest BCUT2D eigenvalue weighted by Crippen LogP contribution is 2.42. The molecule has 9 nitrogen and oxygen atoms in total. The summed E-state index contributed by atoms with van der Waals surface area (Å²) in [4.78, 5) is 26.1. The van der Waals surface area contributed by atoms with Crippen molar-refractivity contribution in [3.8, 4) is 0 Å². The molecule has 0 radical (unpaired) electrons. The standard InChI is InChI=1S/C37H43N3O6/c1-5-44-34(42)21-38-37(43)39-32-18-16-29(17-19-32)36-45-33(24(2)35(46-36)28-12-10-26(23-41)11-13-28)22-40(4)25(3)30-15-14-27-8-6-7-9-31(27)20-30/h6-20,24-25,33,35-36,41H,5,21-23H2,1-4H3,(H2,38,39,43)/t24-,25+,33+,35+,36+/m0/s1. The van der Waals surface area contributed by atoms with E-state index in [1.807, 2.05) is 36.4 Å². The molecule has 9 heteroatoms. The van der Waals surface area contributed by atoms with Crippen LogP contribution in [0.4, 0.5) is 10.5 Å². The van der Waals surface area contributed by atoms with Crippen molar-refractivity contribution in [2.75, 3.05) is 32.1 Å². The van der Waals surface area contributed by atoms with Gasteiger partial charge in [0.2, 0.25) is 0 Å². The van der Waals surface area contributed by atoms with Gasteiger partial charge in [0.15, 0.2) is 6.29 Å². The molecule has 5 rings (SSSR count). The van der Waals surface area contributed by atoms with E-state index in [9.17, 15) is 14.7 Å². The number of rotatable bonds is 11. The fraction of sp³-hybridized carbons (Fsp3) is 0.351. The molecule has 0 saturated carbocycles. The zero-order chi connectivity index (χ0) is 32.6. The summed E-state index contributed by atoms with van der Waals surface area (Å²) in [5, 5.41) is 17.2. The quantitative estimate of drug-likeness (QED) is 0.163. The van der Waals surface area contributed by atoms with Crippen molar-refractivity contribution >= 4 is 28.5 Å². The van der Waals surface area contributed by atoms with Gasteiger partial charge in [0.05, 0.1) is 25.4 Å². The highest BCUT2D eigenvalue weighted by molar-refractivity contribution is 5.91. The number of hydrogen-bond donors (Lipinski definition) is 3. The summed E-state index contributed by atoms with van der Waals surface area (Å²) < 4.78 is 18.1. The monoisotopic (exact) mass is 625 g/mol. The minimum atomic E-state index is -0.639. The number of carbonyl (C=O) groups excluding carboxylic acids is 2. The van der Waals surface area contributed by atoms with E-state index in [1.54, 1.807) is 19.1 Å². The van der Waals surface area contributed by atoms with Crippen molar-refractivity contribution < 1.29 is 28.9 Å². The van der Waals surface area contributed by atoms with Crippen LogP contribution >= 0.6 is 0 Å². The van der Waals surface area contributed by atoms with Gasteiger partial charge in [-0.05, 0) is 66.6 Å². The van der Waals surface area contributed by atoms with Crippen LogP contribution in [0.1, 0.15) is 61.5 Å².